The van der Waals surface area contributed by atoms with Crippen molar-refractivity contribution in [3.05, 3.63) is 46.6 Å². The van der Waals surface area contributed by atoms with E-state index in [0.717, 1.165) is 11.3 Å². The summed E-state index contributed by atoms with van der Waals surface area (Å²) in [6, 6.07) is 0. The zero-order chi connectivity index (χ0) is 17.7. The van der Waals surface area contributed by atoms with Crippen LogP contribution in [0.3, 0.4) is 0 Å². The largest absolute Gasteiger partial charge is 0.0999 e. The number of hydrogen-bond acceptors (Lipinski definition) is 0. The fraction of sp³-hybridized carbons (Fsp3) is 0.636. The van der Waals surface area contributed by atoms with Gasteiger partial charge in [0, 0.05) is 11.3 Å². The second-order valence-electron chi connectivity index (χ2n) is 6.88. The first-order valence-electron chi connectivity index (χ1n) is 9.86. The van der Waals surface area contributed by atoms with Crippen LogP contribution in [0.4, 0.5) is 0 Å². The molecule has 0 fully saturated rings. The molecule has 0 amide bonds. The molecule has 0 radical (unpaired) electrons. The number of allylic oxidation sites excluding steroid dienone is 8. The van der Waals surface area contributed by atoms with Crippen LogP contribution in [-0.2, 0) is 0 Å². The predicted molar refractivity (Wildman–Crippen MR) is 116 cm³/mol. The van der Waals surface area contributed by atoms with Crippen LogP contribution in [0.1, 0.15) is 54.4 Å². The normalized spacial score (nSPS) is 20.2. The molecule has 0 aliphatic heterocycles. The molecule has 134 valence electrons. The van der Waals surface area contributed by atoms with E-state index in [-0.39, 0.29) is 15.8 Å². The Bertz CT molecular complexity index is 492. The lowest BCUT2D eigenvalue weighted by atomic mass is 9.95. The SMILES string of the molecule is CCP(CC)[C@@H](C)C1=C(C2=C([C@H](C)P(CC)CC)C=CC2)CC=C1. The Morgan fingerprint density at radius 3 is 1.33 bits per heavy atom. The van der Waals surface area contributed by atoms with Crippen LogP contribution < -0.4 is 0 Å². The van der Waals surface area contributed by atoms with Crippen molar-refractivity contribution in [3.8, 4) is 0 Å². The zero-order valence-corrected chi connectivity index (χ0v) is 18.4. The fourth-order valence-electron chi connectivity index (χ4n) is 4.36. The molecule has 0 aromatic heterocycles. The zero-order valence-electron chi connectivity index (χ0n) is 16.6. The highest BCUT2D eigenvalue weighted by molar-refractivity contribution is 7.58. The molecular formula is C22H36P2. The predicted octanol–water partition coefficient (Wildman–Crippen LogP) is 7.32. The highest BCUT2D eigenvalue weighted by Crippen LogP contribution is 2.50. The van der Waals surface area contributed by atoms with E-state index < -0.39 is 0 Å². The first-order valence-corrected chi connectivity index (χ1v) is 13.4. The number of hydrogen-bond donors (Lipinski definition) is 0. The van der Waals surface area contributed by atoms with Gasteiger partial charge in [0.15, 0.2) is 0 Å². The molecule has 0 N–H and O–H groups in total. The van der Waals surface area contributed by atoms with Crippen molar-refractivity contribution in [1.29, 1.82) is 0 Å². The Morgan fingerprint density at radius 1 is 0.708 bits per heavy atom. The summed E-state index contributed by atoms with van der Waals surface area (Å²) in [4.78, 5) is 0. The summed E-state index contributed by atoms with van der Waals surface area (Å²) in [7, 11) is 0.268. The molecule has 0 aromatic carbocycles. The van der Waals surface area contributed by atoms with Crippen LogP contribution >= 0.6 is 15.8 Å². The molecule has 2 rings (SSSR count). The maximum Gasteiger partial charge on any atom is 0.00161 e. The molecule has 0 saturated heterocycles. The Kier molecular flexibility index (Phi) is 7.97. The molecule has 2 heteroatoms. The molecule has 0 aromatic rings. The van der Waals surface area contributed by atoms with Gasteiger partial charge in [-0.15, -0.1) is 0 Å². The van der Waals surface area contributed by atoms with Crippen molar-refractivity contribution in [1.82, 2.24) is 0 Å². The minimum absolute atomic E-state index is 0.134. The molecule has 0 spiro atoms. The lowest BCUT2D eigenvalue weighted by Crippen LogP contribution is -2.11. The van der Waals surface area contributed by atoms with Crippen LogP contribution in [0.5, 0.6) is 0 Å². The highest BCUT2D eigenvalue weighted by Gasteiger charge is 2.27. The highest BCUT2D eigenvalue weighted by atomic mass is 31.1. The molecule has 0 bridgehead atoms. The van der Waals surface area contributed by atoms with Crippen molar-refractivity contribution < 1.29 is 0 Å². The maximum atomic E-state index is 2.49. The van der Waals surface area contributed by atoms with Crippen molar-refractivity contribution in [2.75, 3.05) is 24.6 Å². The first kappa shape index (κ1) is 20.1. The molecule has 0 unspecified atom stereocenters. The molecule has 0 saturated carbocycles. The lowest BCUT2D eigenvalue weighted by molar-refractivity contribution is 1.04. The van der Waals surface area contributed by atoms with Crippen molar-refractivity contribution in [2.24, 2.45) is 0 Å². The Labute approximate surface area is 153 Å². The smallest absolute Gasteiger partial charge is 0.00161 e. The van der Waals surface area contributed by atoms with Crippen molar-refractivity contribution in [2.45, 2.75) is 65.7 Å². The third-order valence-corrected chi connectivity index (χ3v) is 11.9. The summed E-state index contributed by atoms with van der Waals surface area (Å²) in [5.74, 6) is 0. The second kappa shape index (κ2) is 9.50. The van der Waals surface area contributed by atoms with E-state index in [9.17, 15) is 0 Å². The van der Waals surface area contributed by atoms with E-state index in [1.165, 1.54) is 37.5 Å². The van der Waals surface area contributed by atoms with Gasteiger partial charge in [0.25, 0.3) is 0 Å². The van der Waals surface area contributed by atoms with E-state index in [1.807, 2.05) is 0 Å². The van der Waals surface area contributed by atoms with Gasteiger partial charge in [-0.2, -0.15) is 0 Å². The Morgan fingerprint density at radius 2 is 1.04 bits per heavy atom. The van der Waals surface area contributed by atoms with Gasteiger partial charge in [0.2, 0.25) is 0 Å². The standard InChI is InChI=1S/C22H36P2/c1-7-23(8-2)17(5)19-13-11-15-21(19)22-16-12-14-20(22)18(6)24(9-3)10-4/h11-14,17-18H,7-10,15-16H2,1-6H3/t17-,18-/m0/s1. The topological polar surface area (TPSA) is 0 Å². The fourth-order valence-corrected chi connectivity index (χ4v) is 8.71. The summed E-state index contributed by atoms with van der Waals surface area (Å²) in [6.45, 7) is 14.5. The van der Waals surface area contributed by atoms with E-state index in [4.69, 9.17) is 0 Å². The molecule has 0 heterocycles. The average Bonchev–Trinajstić information content (AvgIpc) is 3.25. The van der Waals surface area contributed by atoms with Gasteiger partial charge in [-0.05, 0) is 59.8 Å². The van der Waals surface area contributed by atoms with Gasteiger partial charge in [0.05, 0.1) is 0 Å². The van der Waals surface area contributed by atoms with Crippen molar-refractivity contribution >= 4 is 15.8 Å². The lowest BCUT2D eigenvalue weighted by Gasteiger charge is -2.27. The van der Waals surface area contributed by atoms with E-state index in [1.54, 1.807) is 22.3 Å². The van der Waals surface area contributed by atoms with E-state index >= 15 is 0 Å². The van der Waals surface area contributed by atoms with Gasteiger partial charge in [-0.3, -0.25) is 0 Å². The number of rotatable bonds is 9. The molecular weight excluding hydrogens is 326 g/mol. The Balaban J connectivity index is 2.37. The Hall–Kier alpha value is -0.180. The second-order valence-corrected chi connectivity index (χ2v) is 13.3. The average molecular weight is 362 g/mol. The summed E-state index contributed by atoms with van der Waals surface area (Å²) in [5.41, 5.74) is 8.23. The molecule has 0 nitrogen and oxygen atoms in total. The molecule has 2 atom stereocenters. The van der Waals surface area contributed by atoms with Gasteiger partial charge >= 0.3 is 0 Å². The van der Waals surface area contributed by atoms with Crippen LogP contribution in [0.25, 0.3) is 0 Å². The van der Waals surface area contributed by atoms with Crippen LogP contribution in [0.15, 0.2) is 46.6 Å². The molecule has 2 aliphatic carbocycles. The molecule has 2 aliphatic rings. The summed E-state index contributed by atoms with van der Waals surface area (Å²) < 4.78 is 0. The van der Waals surface area contributed by atoms with E-state index in [2.05, 4.69) is 65.8 Å². The summed E-state index contributed by atoms with van der Waals surface area (Å²) >= 11 is 0. The minimum Gasteiger partial charge on any atom is -0.0999 e. The monoisotopic (exact) mass is 362 g/mol. The summed E-state index contributed by atoms with van der Waals surface area (Å²) in [6.07, 6.45) is 17.5. The third-order valence-electron chi connectivity index (χ3n) is 5.92. The van der Waals surface area contributed by atoms with Crippen LogP contribution in [0.2, 0.25) is 0 Å². The van der Waals surface area contributed by atoms with E-state index in [0.29, 0.717) is 0 Å². The van der Waals surface area contributed by atoms with Gasteiger partial charge in [0.1, 0.15) is 0 Å². The van der Waals surface area contributed by atoms with Crippen molar-refractivity contribution in [3.63, 3.8) is 0 Å². The van der Waals surface area contributed by atoms with Gasteiger partial charge in [-0.1, -0.05) is 81.7 Å². The quantitative estimate of drug-likeness (QED) is 0.377. The van der Waals surface area contributed by atoms with Gasteiger partial charge in [-0.25, -0.2) is 0 Å². The maximum absolute atomic E-state index is 2.49. The first-order chi connectivity index (χ1) is 11.6. The van der Waals surface area contributed by atoms with Gasteiger partial charge < -0.3 is 0 Å². The minimum atomic E-state index is 0.134. The van der Waals surface area contributed by atoms with Crippen LogP contribution in [-0.4, -0.2) is 36.0 Å². The summed E-state index contributed by atoms with van der Waals surface area (Å²) in [5, 5.41) is 0. The molecule has 24 heavy (non-hydrogen) atoms. The third kappa shape index (κ3) is 4.14. The van der Waals surface area contributed by atoms with Crippen LogP contribution in [0, 0.1) is 0 Å².